The van der Waals surface area contributed by atoms with Crippen LogP contribution in [0.1, 0.15) is 112 Å². The maximum atomic E-state index is 11.5. The van der Waals surface area contributed by atoms with Gasteiger partial charge in [-0.15, -0.1) is 0 Å². The van der Waals surface area contributed by atoms with Crippen LogP contribution in [-0.4, -0.2) is 18.9 Å². The molecule has 1 N–H and O–H groups in total. The molecule has 0 heterocycles. The van der Waals surface area contributed by atoms with Gasteiger partial charge in [-0.1, -0.05) is 84.1 Å². The summed E-state index contributed by atoms with van der Waals surface area (Å²) in [5, 5.41) is 11.5. The minimum absolute atomic E-state index is 0. The van der Waals surface area contributed by atoms with Gasteiger partial charge in [0.1, 0.15) is 0 Å². The van der Waals surface area contributed by atoms with Gasteiger partial charge in [0, 0.05) is 5.56 Å². The molecule has 0 aromatic heterocycles. The van der Waals surface area contributed by atoms with Gasteiger partial charge in [0.25, 0.3) is 0 Å². The molecule has 6 nitrogen and oxygen atoms in total. The summed E-state index contributed by atoms with van der Waals surface area (Å²) in [6, 6.07) is 3.04. The van der Waals surface area contributed by atoms with Gasteiger partial charge < -0.3 is 14.1 Å². The molecule has 0 radical (unpaired) electrons. The summed E-state index contributed by atoms with van der Waals surface area (Å²) >= 11 is 0. The van der Waals surface area contributed by atoms with Crippen LogP contribution in [0.2, 0.25) is 0 Å². The zero-order chi connectivity index (χ0) is 22.4. The SMILES string of the molecule is CCCCCCCCc1ccc(C(=O)[O-])c(OS(=O)(=O)O)c1CCCCCCCC.[Na+]. The van der Waals surface area contributed by atoms with Crippen molar-refractivity contribution in [2.45, 2.75) is 104 Å². The van der Waals surface area contributed by atoms with Gasteiger partial charge in [0.05, 0.1) is 5.97 Å². The van der Waals surface area contributed by atoms with Crippen molar-refractivity contribution in [3.8, 4) is 5.75 Å². The largest absolute Gasteiger partial charge is 1.00 e. The number of hydrogen-bond acceptors (Lipinski definition) is 5. The fourth-order valence-electron chi connectivity index (χ4n) is 3.72. The average molecular weight is 465 g/mol. The summed E-state index contributed by atoms with van der Waals surface area (Å²) in [4.78, 5) is 11.5. The van der Waals surface area contributed by atoms with Crippen LogP contribution >= 0.6 is 0 Å². The summed E-state index contributed by atoms with van der Waals surface area (Å²) in [6.07, 6.45) is 14.3. The van der Waals surface area contributed by atoms with Gasteiger partial charge in [0.15, 0.2) is 5.75 Å². The summed E-state index contributed by atoms with van der Waals surface area (Å²) < 4.78 is 36.7. The van der Waals surface area contributed by atoms with Gasteiger partial charge in [0.2, 0.25) is 0 Å². The molecule has 0 saturated heterocycles. The first-order valence-corrected chi connectivity index (χ1v) is 12.7. The molecule has 0 aliphatic heterocycles. The Labute approximate surface area is 210 Å². The summed E-state index contributed by atoms with van der Waals surface area (Å²) in [7, 11) is -4.84. The Morgan fingerprint density at radius 3 is 1.84 bits per heavy atom. The van der Waals surface area contributed by atoms with Crippen molar-refractivity contribution >= 4 is 16.4 Å². The molecule has 0 aliphatic rings. The average Bonchev–Trinajstić information content (AvgIpc) is 2.67. The molecule has 1 aromatic carbocycles. The third-order valence-corrected chi connectivity index (χ3v) is 5.72. The molecular formula is C23H37NaO6S. The van der Waals surface area contributed by atoms with Crippen molar-refractivity contribution in [1.29, 1.82) is 0 Å². The van der Waals surface area contributed by atoms with E-state index in [2.05, 4.69) is 13.8 Å². The van der Waals surface area contributed by atoms with Gasteiger partial charge in [-0.05, 0) is 42.9 Å². The number of benzene rings is 1. The van der Waals surface area contributed by atoms with Crippen LogP contribution in [0.15, 0.2) is 12.1 Å². The van der Waals surface area contributed by atoms with Crippen LogP contribution < -0.4 is 38.8 Å². The van der Waals surface area contributed by atoms with Gasteiger partial charge in [-0.3, -0.25) is 4.55 Å². The van der Waals surface area contributed by atoms with E-state index in [0.29, 0.717) is 18.4 Å². The second-order valence-electron chi connectivity index (χ2n) is 7.91. The van der Waals surface area contributed by atoms with E-state index in [-0.39, 0.29) is 40.9 Å². The molecule has 31 heavy (non-hydrogen) atoms. The second kappa shape index (κ2) is 17.0. The number of aryl methyl sites for hydroxylation is 1. The van der Waals surface area contributed by atoms with E-state index in [4.69, 9.17) is 4.18 Å². The van der Waals surface area contributed by atoms with E-state index in [9.17, 15) is 22.9 Å². The molecule has 8 heteroatoms. The molecule has 0 saturated carbocycles. The molecule has 1 aromatic rings. The Hall–Kier alpha value is -0.600. The van der Waals surface area contributed by atoms with Crippen LogP contribution in [0.3, 0.4) is 0 Å². The predicted molar refractivity (Wildman–Crippen MR) is 117 cm³/mol. The van der Waals surface area contributed by atoms with Crippen molar-refractivity contribution in [3.05, 3.63) is 28.8 Å². The maximum absolute atomic E-state index is 11.5. The number of carboxylic acid groups (broad SMARTS) is 1. The first-order valence-electron chi connectivity index (χ1n) is 11.3. The minimum Gasteiger partial charge on any atom is -0.545 e. The summed E-state index contributed by atoms with van der Waals surface area (Å²) in [6.45, 7) is 4.32. The number of carbonyl (C=O) groups excluding carboxylic acids is 1. The van der Waals surface area contributed by atoms with Crippen molar-refractivity contribution in [2.24, 2.45) is 0 Å². The Morgan fingerprint density at radius 1 is 0.871 bits per heavy atom. The first kappa shape index (κ1) is 30.4. The number of carbonyl (C=O) groups is 1. The first-order chi connectivity index (χ1) is 14.3. The molecule has 0 fully saturated rings. The third-order valence-electron chi connectivity index (χ3n) is 5.35. The summed E-state index contributed by atoms with van der Waals surface area (Å²) in [5.41, 5.74) is 1.08. The predicted octanol–water partition coefficient (Wildman–Crippen LogP) is 2.04. The molecule has 0 amide bonds. The second-order valence-corrected chi connectivity index (χ2v) is 8.94. The van der Waals surface area contributed by atoms with E-state index < -0.39 is 16.4 Å². The van der Waals surface area contributed by atoms with Crippen molar-refractivity contribution in [3.63, 3.8) is 0 Å². The molecule has 0 unspecified atom stereocenters. The van der Waals surface area contributed by atoms with Crippen LogP contribution in [0.4, 0.5) is 0 Å². The number of rotatable bonds is 17. The Morgan fingerprint density at radius 2 is 1.35 bits per heavy atom. The van der Waals surface area contributed by atoms with E-state index in [0.717, 1.165) is 56.9 Å². The third kappa shape index (κ3) is 12.9. The molecule has 0 aliphatic carbocycles. The summed E-state index contributed by atoms with van der Waals surface area (Å²) in [5.74, 6) is -1.82. The van der Waals surface area contributed by atoms with Gasteiger partial charge in [-0.2, -0.15) is 8.42 Å². The molecule has 0 bridgehead atoms. The van der Waals surface area contributed by atoms with E-state index in [1.54, 1.807) is 6.07 Å². The Bertz CT molecular complexity index is 749. The molecule has 0 atom stereocenters. The van der Waals surface area contributed by atoms with Crippen LogP contribution in [-0.2, 0) is 23.2 Å². The smallest absolute Gasteiger partial charge is 0.545 e. The molecule has 1 rings (SSSR count). The Balaban J connectivity index is 0.00000900. The van der Waals surface area contributed by atoms with Crippen molar-refractivity contribution in [2.75, 3.05) is 0 Å². The van der Waals surface area contributed by atoms with Gasteiger partial charge in [-0.25, -0.2) is 0 Å². The zero-order valence-electron chi connectivity index (χ0n) is 19.5. The van der Waals surface area contributed by atoms with Crippen LogP contribution in [0.25, 0.3) is 0 Å². The normalized spacial score (nSPS) is 11.2. The fourth-order valence-corrected chi connectivity index (χ4v) is 4.12. The number of hydrogen-bond donors (Lipinski definition) is 1. The van der Waals surface area contributed by atoms with Crippen LogP contribution in [0, 0.1) is 0 Å². The maximum Gasteiger partial charge on any atom is 1.00 e. The van der Waals surface area contributed by atoms with E-state index in [1.165, 1.54) is 31.7 Å². The van der Waals surface area contributed by atoms with Crippen LogP contribution in [0.5, 0.6) is 5.75 Å². The number of unbranched alkanes of at least 4 members (excludes halogenated alkanes) is 10. The standard InChI is InChI=1S/C23H38O6S.Na/c1-3-5-7-9-11-13-15-19-17-18-21(23(24)25)22(29-30(26,27)28)20(19)16-14-12-10-8-6-4-2;/h17-18H,3-16H2,1-2H3,(H,24,25)(H,26,27,28);/q;+1/p-1. The quantitative estimate of drug-likeness (QED) is 0.215. The zero-order valence-corrected chi connectivity index (χ0v) is 22.3. The van der Waals surface area contributed by atoms with E-state index >= 15 is 0 Å². The molecular weight excluding hydrogens is 427 g/mol. The van der Waals surface area contributed by atoms with Crippen molar-refractivity contribution < 1.29 is 56.6 Å². The van der Waals surface area contributed by atoms with E-state index in [1.807, 2.05) is 0 Å². The topological polar surface area (TPSA) is 104 Å². The number of carboxylic acids is 1. The Kier molecular flexibility index (Phi) is 16.6. The fraction of sp³-hybridized carbons (Fsp3) is 0.696. The van der Waals surface area contributed by atoms with Crippen molar-refractivity contribution in [1.82, 2.24) is 0 Å². The molecule has 0 spiro atoms. The minimum atomic E-state index is -4.84. The number of aromatic carboxylic acids is 1. The monoisotopic (exact) mass is 464 g/mol. The molecule has 172 valence electrons. The van der Waals surface area contributed by atoms with Gasteiger partial charge >= 0.3 is 40.0 Å².